The Morgan fingerprint density at radius 1 is 1.15 bits per heavy atom. The highest BCUT2D eigenvalue weighted by molar-refractivity contribution is 7.89. The molecule has 2 aromatic rings. The maximum Gasteiger partial charge on any atom is 0.249 e. The van der Waals surface area contributed by atoms with Crippen LogP contribution in [0.1, 0.15) is 36.1 Å². The molecule has 1 fully saturated rings. The fourth-order valence-electron chi connectivity index (χ4n) is 3.38. The molecule has 0 N–H and O–H groups in total. The van der Waals surface area contributed by atoms with E-state index in [4.69, 9.17) is 9.15 Å². The zero-order valence-electron chi connectivity index (χ0n) is 14.0. The van der Waals surface area contributed by atoms with Gasteiger partial charge in [0.05, 0.1) is 12.2 Å². The van der Waals surface area contributed by atoms with Gasteiger partial charge in [-0.3, -0.25) is 0 Å². The van der Waals surface area contributed by atoms with Crippen LogP contribution < -0.4 is 0 Å². The Morgan fingerprint density at radius 2 is 1.85 bits per heavy atom. The summed E-state index contributed by atoms with van der Waals surface area (Å²) in [5, 5.41) is 0. The van der Waals surface area contributed by atoms with Crippen molar-refractivity contribution in [2.45, 2.75) is 36.6 Å². The Kier molecular flexibility index (Phi) is 4.54. The standard InChI is InChI=1S/C17H18F2N2O4S/c18-12-2-1-3-13(19)16(12)26(22,23)21-7-4-15-14(10-21)20-17(25-15)11-5-8-24-9-6-11/h1-3,11H,4-10H2. The van der Waals surface area contributed by atoms with Crippen LogP contribution in [0.3, 0.4) is 0 Å². The molecule has 4 rings (SSSR count). The van der Waals surface area contributed by atoms with Gasteiger partial charge in [0.15, 0.2) is 10.8 Å². The number of ether oxygens (including phenoxy) is 1. The van der Waals surface area contributed by atoms with Crippen LogP contribution in [0.25, 0.3) is 0 Å². The van der Waals surface area contributed by atoms with Crippen LogP contribution in [-0.4, -0.2) is 37.5 Å². The van der Waals surface area contributed by atoms with Crippen LogP contribution in [0, 0.1) is 11.6 Å². The summed E-state index contributed by atoms with van der Waals surface area (Å²) in [6, 6.07) is 3.01. The van der Waals surface area contributed by atoms with E-state index in [0.717, 1.165) is 35.3 Å². The van der Waals surface area contributed by atoms with Gasteiger partial charge in [0, 0.05) is 32.1 Å². The summed E-state index contributed by atoms with van der Waals surface area (Å²) in [5.41, 5.74) is 0.512. The van der Waals surface area contributed by atoms with E-state index in [1.165, 1.54) is 0 Å². The van der Waals surface area contributed by atoms with Gasteiger partial charge in [0.2, 0.25) is 10.0 Å². The lowest BCUT2D eigenvalue weighted by Gasteiger charge is -2.24. The first kappa shape index (κ1) is 17.6. The van der Waals surface area contributed by atoms with Crippen molar-refractivity contribution in [3.63, 3.8) is 0 Å². The fourth-order valence-corrected chi connectivity index (χ4v) is 4.89. The number of nitrogens with zero attached hydrogens (tertiary/aromatic N) is 2. The lowest BCUT2D eigenvalue weighted by molar-refractivity contribution is 0.0791. The summed E-state index contributed by atoms with van der Waals surface area (Å²) in [7, 11) is -4.30. The van der Waals surface area contributed by atoms with E-state index in [-0.39, 0.29) is 19.0 Å². The summed E-state index contributed by atoms with van der Waals surface area (Å²) in [4.78, 5) is 3.54. The predicted molar refractivity (Wildman–Crippen MR) is 87.0 cm³/mol. The van der Waals surface area contributed by atoms with E-state index in [9.17, 15) is 17.2 Å². The molecule has 0 saturated carbocycles. The van der Waals surface area contributed by atoms with Crippen molar-refractivity contribution < 1.29 is 26.4 Å². The molecule has 0 unspecified atom stereocenters. The van der Waals surface area contributed by atoms with Crippen molar-refractivity contribution in [1.29, 1.82) is 0 Å². The van der Waals surface area contributed by atoms with Crippen molar-refractivity contribution in [2.24, 2.45) is 0 Å². The molecule has 6 nitrogen and oxygen atoms in total. The van der Waals surface area contributed by atoms with Crippen molar-refractivity contribution in [2.75, 3.05) is 19.8 Å². The molecule has 3 heterocycles. The maximum atomic E-state index is 14.0. The Balaban J connectivity index is 1.61. The van der Waals surface area contributed by atoms with Gasteiger partial charge in [-0.15, -0.1) is 0 Å². The average Bonchev–Trinajstić information content (AvgIpc) is 3.05. The van der Waals surface area contributed by atoms with Gasteiger partial charge in [-0.25, -0.2) is 22.2 Å². The van der Waals surface area contributed by atoms with Crippen LogP contribution in [0.5, 0.6) is 0 Å². The predicted octanol–water partition coefficient (Wildman–Crippen LogP) is 2.59. The number of rotatable bonds is 3. The number of aromatic nitrogens is 1. The molecule has 2 aliphatic rings. The Labute approximate surface area is 149 Å². The third-order valence-corrected chi connectivity index (χ3v) is 6.69. The first-order valence-electron chi connectivity index (χ1n) is 8.47. The summed E-state index contributed by atoms with van der Waals surface area (Å²) in [6.07, 6.45) is 1.94. The SMILES string of the molecule is O=S(=O)(c1c(F)cccc1F)N1CCc2oc(C3CCOCC3)nc2C1. The van der Waals surface area contributed by atoms with E-state index in [0.29, 0.717) is 37.0 Å². The molecule has 0 atom stereocenters. The number of halogens is 2. The van der Waals surface area contributed by atoms with Crippen molar-refractivity contribution in [3.8, 4) is 0 Å². The summed E-state index contributed by atoms with van der Waals surface area (Å²) >= 11 is 0. The topological polar surface area (TPSA) is 72.6 Å². The molecule has 0 aliphatic carbocycles. The van der Waals surface area contributed by atoms with Crippen molar-refractivity contribution >= 4 is 10.0 Å². The molecule has 9 heteroatoms. The summed E-state index contributed by atoms with van der Waals surface area (Å²) in [5.74, 6) is -0.803. The largest absolute Gasteiger partial charge is 0.445 e. The quantitative estimate of drug-likeness (QED) is 0.813. The summed E-state index contributed by atoms with van der Waals surface area (Å²) in [6.45, 7) is 1.32. The highest BCUT2D eigenvalue weighted by Crippen LogP contribution is 2.32. The molecule has 0 bridgehead atoms. The second kappa shape index (κ2) is 6.71. The highest BCUT2D eigenvalue weighted by atomic mass is 32.2. The molecule has 0 radical (unpaired) electrons. The van der Waals surface area contributed by atoms with Crippen LogP contribution in [0.4, 0.5) is 8.78 Å². The number of fused-ring (bicyclic) bond motifs is 1. The average molecular weight is 384 g/mol. The van der Waals surface area contributed by atoms with E-state index in [1.54, 1.807) is 0 Å². The van der Waals surface area contributed by atoms with E-state index >= 15 is 0 Å². The second-order valence-corrected chi connectivity index (χ2v) is 8.32. The molecular formula is C17H18F2N2O4S. The van der Waals surface area contributed by atoms with Crippen LogP contribution in [0.15, 0.2) is 27.5 Å². The van der Waals surface area contributed by atoms with E-state index < -0.39 is 26.6 Å². The van der Waals surface area contributed by atoms with Gasteiger partial charge in [-0.2, -0.15) is 4.31 Å². The molecule has 1 saturated heterocycles. The highest BCUT2D eigenvalue weighted by Gasteiger charge is 2.35. The lowest BCUT2D eigenvalue weighted by Crippen LogP contribution is -2.36. The molecule has 0 spiro atoms. The van der Waals surface area contributed by atoms with Crippen molar-refractivity contribution in [3.05, 3.63) is 47.2 Å². The molecular weight excluding hydrogens is 366 g/mol. The van der Waals surface area contributed by atoms with Crippen molar-refractivity contribution in [1.82, 2.24) is 9.29 Å². The molecule has 140 valence electrons. The van der Waals surface area contributed by atoms with Gasteiger partial charge >= 0.3 is 0 Å². The smallest absolute Gasteiger partial charge is 0.249 e. The monoisotopic (exact) mass is 384 g/mol. The van der Waals surface area contributed by atoms with Crippen LogP contribution in [0.2, 0.25) is 0 Å². The Hall–Kier alpha value is -1.84. The minimum absolute atomic E-state index is 0.0574. The molecule has 26 heavy (non-hydrogen) atoms. The van der Waals surface area contributed by atoms with Gasteiger partial charge in [-0.05, 0) is 25.0 Å². The Morgan fingerprint density at radius 3 is 2.54 bits per heavy atom. The summed E-state index contributed by atoms with van der Waals surface area (Å²) < 4.78 is 65.5. The van der Waals surface area contributed by atoms with E-state index in [1.807, 2.05) is 0 Å². The zero-order valence-corrected chi connectivity index (χ0v) is 14.8. The maximum absolute atomic E-state index is 14.0. The van der Waals surface area contributed by atoms with Crippen LogP contribution in [-0.2, 0) is 27.7 Å². The normalized spacial score (nSPS) is 19.5. The molecule has 0 amide bonds. The van der Waals surface area contributed by atoms with E-state index in [2.05, 4.69) is 4.98 Å². The lowest BCUT2D eigenvalue weighted by atomic mass is 10.0. The van der Waals surface area contributed by atoms with Crippen LogP contribution >= 0.6 is 0 Å². The minimum Gasteiger partial charge on any atom is -0.445 e. The fraction of sp³-hybridized carbons (Fsp3) is 0.471. The molecule has 1 aromatic heterocycles. The number of oxazole rings is 1. The zero-order chi connectivity index (χ0) is 18.3. The van der Waals surface area contributed by atoms with Gasteiger partial charge in [0.25, 0.3) is 0 Å². The second-order valence-electron chi connectivity index (χ2n) is 6.45. The first-order chi connectivity index (χ1) is 12.5. The first-order valence-corrected chi connectivity index (χ1v) is 9.91. The molecule has 2 aliphatic heterocycles. The third-order valence-electron chi connectivity index (χ3n) is 4.80. The Bertz CT molecular complexity index is 903. The van der Waals surface area contributed by atoms with Gasteiger partial charge in [0.1, 0.15) is 17.4 Å². The van der Waals surface area contributed by atoms with Gasteiger partial charge in [-0.1, -0.05) is 6.07 Å². The number of sulfonamides is 1. The molecule has 1 aromatic carbocycles. The van der Waals surface area contributed by atoms with Gasteiger partial charge < -0.3 is 9.15 Å². The number of benzene rings is 1. The number of hydrogen-bond donors (Lipinski definition) is 0. The minimum atomic E-state index is -4.30. The third kappa shape index (κ3) is 3.04. The number of hydrogen-bond acceptors (Lipinski definition) is 5.